The molecule has 154 valence electrons. The fourth-order valence-corrected chi connectivity index (χ4v) is 4.04. The number of halogens is 2. The van der Waals surface area contributed by atoms with Gasteiger partial charge in [0.1, 0.15) is 5.84 Å². The molecular weight excluding hydrogens is 380 g/mol. The molecule has 0 radical (unpaired) electrons. The maximum atomic E-state index is 13.0. The van der Waals surface area contributed by atoms with Crippen LogP contribution in [0.25, 0.3) is 21.9 Å². The van der Waals surface area contributed by atoms with Crippen LogP contribution in [-0.4, -0.2) is 18.1 Å². The Morgan fingerprint density at radius 1 is 1.07 bits per heavy atom. The second-order valence-electron chi connectivity index (χ2n) is 8.49. The maximum Gasteiger partial charge on any atom is 0.242 e. The summed E-state index contributed by atoms with van der Waals surface area (Å²) in [7, 11) is 0. The van der Waals surface area contributed by atoms with Crippen molar-refractivity contribution in [2.45, 2.75) is 45.5 Å². The van der Waals surface area contributed by atoms with E-state index in [1.165, 1.54) is 5.56 Å². The van der Waals surface area contributed by atoms with Gasteiger partial charge >= 0.3 is 0 Å². The van der Waals surface area contributed by atoms with Crippen LogP contribution in [0, 0.1) is 5.41 Å². The Morgan fingerprint density at radius 3 is 2.53 bits per heavy atom. The minimum Gasteiger partial charge on any atom is -0.383 e. The molecule has 0 unspecified atom stereocenters. The van der Waals surface area contributed by atoms with Crippen LogP contribution in [0.3, 0.4) is 0 Å². The van der Waals surface area contributed by atoms with E-state index in [4.69, 9.17) is 11.1 Å². The van der Waals surface area contributed by atoms with E-state index >= 15 is 0 Å². The molecule has 3 nitrogen and oxygen atoms in total. The molecule has 3 N–H and O–H groups in total. The molecule has 0 aromatic heterocycles. The van der Waals surface area contributed by atoms with E-state index in [-0.39, 0.29) is 17.7 Å². The number of hydrogen-bond acceptors (Lipinski definition) is 2. The van der Waals surface area contributed by atoms with Crippen LogP contribution in [0.2, 0.25) is 0 Å². The van der Waals surface area contributed by atoms with Crippen LogP contribution >= 0.6 is 0 Å². The topological polar surface area (TPSA) is 62.2 Å². The molecule has 5 heteroatoms. The molecular formula is C25H25F2N3. The molecule has 1 aliphatic rings. The first-order valence-electron chi connectivity index (χ1n) is 10.1. The molecule has 0 bridgehead atoms. The van der Waals surface area contributed by atoms with Crippen molar-refractivity contribution in [1.82, 2.24) is 0 Å². The van der Waals surface area contributed by atoms with Crippen molar-refractivity contribution >= 4 is 22.4 Å². The summed E-state index contributed by atoms with van der Waals surface area (Å²) in [4.78, 5) is 4.18. The van der Waals surface area contributed by atoms with Gasteiger partial charge in [-0.3, -0.25) is 5.41 Å². The lowest BCUT2D eigenvalue weighted by Gasteiger charge is -2.24. The van der Waals surface area contributed by atoms with Crippen LogP contribution in [0.1, 0.15) is 49.4 Å². The summed E-state index contributed by atoms with van der Waals surface area (Å²) in [6.45, 7) is 6.57. The zero-order valence-electron chi connectivity index (χ0n) is 17.4. The van der Waals surface area contributed by atoms with E-state index in [1.54, 1.807) is 18.2 Å². The molecule has 0 saturated heterocycles. The molecule has 0 atom stereocenters. The lowest BCUT2D eigenvalue weighted by molar-refractivity contribution is 0.149. The van der Waals surface area contributed by atoms with E-state index < -0.39 is 6.43 Å². The Labute approximate surface area is 175 Å². The van der Waals surface area contributed by atoms with E-state index in [0.717, 1.165) is 28.3 Å². The van der Waals surface area contributed by atoms with E-state index in [0.29, 0.717) is 22.5 Å². The Morgan fingerprint density at radius 2 is 1.83 bits per heavy atom. The zero-order chi connectivity index (χ0) is 21.6. The highest BCUT2D eigenvalue weighted by atomic mass is 19.3. The molecule has 30 heavy (non-hydrogen) atoms. The average Bonchev–Trinajstić information content (AvgIpc) is 2.99. The van der Waals surface area contributed by atoms with Crippen molar-refractivity contribution in [1.29, 1.82) is 5.41 Å². The summed E-state index contributed by atoms with van der Waals surface area (Å²) in [5, 5.41) is 10.2. The number of alkyl halides is 2. The molecule has 0 spiro atoms. The van der Waals surface area contributed by atoms with Crippen molar-refractivity contribution in [3.05, 3.63) is 70.8 Å². The Hall–Kier alpha value is -3.08. The van der Waals surface area contributed by atoms with Gasteiger partial charge in [0.05, 0.1) is 0 Å². The number of nitrogens with zero attached hydrogens (tertiary/aromatic N) is 1. The van der Waals surface area contributed by atoms with Gasteiger partial charge in [-0.2, -0.15) is 0 Å². The Balaban J connectivity index is 2.05. The number of nitrogens with one attached hydrogen (secondary N) is 1. The third-order valence-corrected chi connectivity index (χ3v) is 6.16. The minimum absolute atomic E-state index is 0.00561. The number of benzene rings is 3. The van der Waals surface area contributed by atoms with Gasteiger partial charge in [-0.1, -0.05) is 57.2 Å². The molecule has 3 aromatic carbocycles. The van der Waals surface area contributed by atoms with Gasteiger partial charge in [-0.15, -0.1) is 0 Å². The number of rotatable bonds is 5. The number of hydrogen-bond donors (Lipinski definition) is 2. The molecule has 1 heterocycles. The number of aliphatic imine (C=N–C) groups is 1. The van der Waals surface area contributed by atoms with Gasteiger partial charge in [0.2, 0.25) is 6.43 Å². The molecule has 1 aliphatic heterocycles. The van der Waals surface area contributed by atoms with Gasteiger partial charge in [0.25, 0.3) is 0 Å². The first-order valence-corrected chi connectivity index (χ1v) is 10.1. The summed E-state index contributed by atoms with van der Waals surface area (Å²) in [5.74, 6) is 0.429. The monoisotopic (exact) mass is 405 g/mol. The highest BCUT2D eigenvalue weighted by Crippen LogP contribution is 2.39. The molecule has 0 saturated carbocycles. The lowest BCUT2D eigenvalue weighted by Crippen LogP contribution is -2.16. The molecule has 0 aliphatic carbocycles. The highest BCUT2D eigenvalue weighted by molar-refractivity contribution is 6.27. The first kappa shape index (κ1) is 20.2. The summed E-state index contributed by atoms with van der Waals surface area (Å²) in [5.41, 5.74) is 11.1. The van der Waals surface area contributed by atoms with Gasteiger partial charge in [0, 0.05) is 23.1 Å². The third kappa shape index (κ3) is 3.38. The van der Waals surface area contributed by atoms with Gasteiger partial charge in [-0.05, 0) is 51.4 Å². The lowest BCUT2D eigenvalue weighted by atomic mass is 9.80. The summed E-state index contributed by atoms with van der Waals surface area (Å²) >= 11 is 0. The van der Waals surface area contributed by atoms with Crippen molar-refractivity contribution in [2.24, 2.45) is 10.7 Å². The quantitative estimate of drug-likeness (QED) is 0.533. The number of amidine groups is 2. The normalized spacial score (nSPS) is 13.8. The van der Waals surface area contributed by atoms with Gasteiger partial charge < -0.3 is 5.73 Å². The smallest absolute Gasteiger partial charge is 0.242 e. The van der Waals surface area contributed by atoms with Crippen molar-refractivity contribution in [3.63, 3.8) is 0 Å². The van der Waals surface area contributed by atoms with E-state index in [1.807, 2.05) is 12.1 Å². The maximum absolute atomic E-state index is 13.0. The molecule has 0 fully saturated rings. The van der Waals surface area contributed by atoms with Crippen molar-refractivity contribution in [3.8, 4) is 11.1 Å². The third-order valence-electron chi connectivity index (χ3n) is 6.16. The van der Waals surface area contributed by atoms with Crippen LogP contribution in [-0.2, 0) is 11.8 Å². The van der Waals surface area contributed by atoms with Gasteiger partial charge in [0.15, 0.2) is 5.84 Å². The second-order valence-corrected chi connectivity index (χ2v) is 8.49. The SMILES string of the molecule is CCC(C)(C)c1ccc2cc3c(c(-c4cccc(CC(F)F)c4)c2c1)C(N)=NC3=N. The predicted octanol–water partition coefficient (Wildman–Crippen LogP) is 6.05. The Kier molecular flexibility index (Phi) is 4.92. The summed E-state index contributed by atoms with van der Waals surface area (Å²) in [6.07, 6.45) is -1.72. The first-order chi connectivity index (χ1) is 14.2. The van der Waals surface area contributed by atoms with Crippen molar-refractivity contribution in [2.75, 3.05) is 0 Å². The van der Waals surface area contributed by atoms with Crippen LogP contribution in [0.4, 0.5) is 8.78 Å². The van der Waals surface area contributed by atoms with Crippen molar-refractivity contribution < 1.29 is 8.78 Å². The fraction of sp³-hybridized carbons (Fsp3) is 0.280. The van der Waals surface area contributed by atoms with Crippen LogP contribution in [0.15, 0.2) is 53.5 Å². The number of nitrogens with two attached hydrogens (primary N) is 1. The standard InChI is InChI=1S/C25H25F2N3/c1-4-25(2,3)17-9-8-15-12-19-22(24(29)30-23(19)28)21(18(15)13-17)16-7-5-6-14(10-16)11-20(26)27/h5-10,12-13,20H,4,11H2,1-3H3,(H3,28,29,30). The zero-order valence-corrected chi connectivity index (χ0v) is 17.4. The second kappa shape index (κ2) is 7.31. The van der Waals surface area contributed by atoms with Crippen LogP contribution < -0.4 is 5.73 Å². The largest absolute Gasteiger partial charge is 0.383 e. The van der Waals surface area contributed by atoms with Crippen LogP contribution in [0.5, 0.6) is 0 Å². The fourth-order valence-electron chi connectivity index (χ4n) is 4.04. The highest BCUT2D eigenvalue weighted by Gasteiger charge is 2.26. The van der Waals surface area contributed by atoms with Gasteiger partial charge in [-0.25, -0.2) is 13.8 Å². The molecule has 4 rings (SSSR count). The summed E-state index contributed by atoms with van der Waals surface area (Å²) < 4.78 is 26.0. The van der Waals surface area contributed by atoms with E-state index in [2.05, 4.69) is 44.0 Å². The predicted molar refractivity (Wildman–Crippen MR) is 120 cm³/mol. The number of fused-ring (bicyclic) bond motifs is 2. The molecule has 3 aromatic rings. The summed E-state index contributed by atoms with van der Waals surface area (Å²) in [6, 6.07) is 15.5. The minimum atomic E-state index is -2.41. The average molecular weight is 405 g/mol. The van der Waals surface area contributed by atoms with E-state index in [9.17, 15) is 8.78 Å². The Bertz CT molecular complexity index is 1190. The molecule has 0 amide bonds.